The Kier molecular flexibility index (Phi) is 3.59. The molecule has 0 fully saturated rings. The summed E-state index contributed by atoms with van der Waals surface area (Å²) in [5, 5.41) is 12.9. The lowest BCUT2D eigenvalue weighted by Gasteiger charge is -2.16. The van der Waals surface area contributed by atoms with Crippen LogP contribution < -0.4 is 16.2 Å². The van der Waals surface area contributed by atoms with Crippen LogP contribution in [0.3, 0.4) is 0 Å². The van der Waals surface area contributed by atoms with E-state index < -0.39 is 4.92 Å². The van der Waals surface area contributed by atoms with Gasteiger partial charge < -0.3 is 15.7 Å². The number of rotatable bonds is 4. The van der Waals surface area contributed by atoms with Crippen LogP contribution in [0.4, 0.5) is 17.1 Å². The molecule has 3 aromatic rings. The number of benzene rings is 2. The van der Waals surface area contributed by atoms with Crippen LogP contribution in [0.5, 0.6) is 0 Å². The van der Waals surface area contributed by atoms with E-state index in [0.717, 1.165) is 16.7 Å². The van der Waals surface area contributed by atoms with Gasteiger partial charge in [-0.2, -0.15) is 0 Å². The minimum absolute atomic E-state index is 0.126. The minimum Gasteiger partial charge on any atom is -0.393 e. The molecule has 4 N–H and O–H groups in total. The number of nitrogens with two attached hydrogens (primary N) is 1. The highest BCUT2D eigenvalue weighted by Gasteiger charge is 2.15. The van der Waals surface area contributed by atoms with Gasteiger partial charge in [-0.05, 0) is 30.3 Å². The number of H-pyrrole nitrogens is 1. The zero-order valence-electron chi connectivity index (χ0n) is 12.7. The first-order chi connectivity index (χ1) is 11.0. The molecule has 0 spiro atoms. The van der Waals surface area contributed by atoms with Gasteiger partial charge in [0, 0.05) is 25.7 Å². The summed E-state index contributed by atoms with van der Waals surface area (Å²) in [5.41, 5.74) is 11.9. The van der Waals surface area contributed by atoms with Gasteiger partial charge in [0.15, 0.2) is 0 Å². The summed E-state index contributed by atoms with van der Waals surface area (Å²) in [7, 11) is 3.73. The number of hydrogen-bond donors (Lipinski definition) is 3. The van der Waals surface area contributed by atoms with Crippen LogP contribution in [0.1, 0.15) is 0 Å². The van der Waals surface area contributed by atoms with Crippen LogP contribution >= 0.6 is 0 Å². The maximum Gasteiger partial charge on any atom is 0.292 e. The smallest absolute Gasteiger partial charge is 0.292 e. The number of imidazole rings is 1. The molecule has 1 aromatic heterocycles. The number of nitro benzene ring substituents is 1. The van der Waals surface area contributed by atoms with E-state index in [1.54, 1.807) is 6.07 Å². The van der Waals surface area contributed by atoms with Gasteiger partial charge in [0.2, 0.25) is 0 Å². The fourth-order valence-corrected chi connectivity index (χ4v) is 2.32. The number of fused-ring (bicyclic) bond motifs is 1. The van der Waals surface area contributed by atoms with Crippen molar-refractivity contribution in [2.75, 3.05) is 24.8 Å². The number of hydrogen-bond acceptors (Lipinski definition) is 6. The Hall–Kier alpha value is -3.13. The molecule has 0 bridgehead atoms. The van der Waals surface area contributed by atoms with Gasteiger partial charge in [0.05, 0.1) is 21.6 Å². The molecule has 0 atom stereocenters. The average molecular weight is 312 g/mol. The first-order valence-corrected chi connectivity index (χ1v) is 6.95. The van der Waals surface area contributed by atoms with Crippen LogP contribution in [0, 0.1) is 10.1 Å². The lowest BCUT2D eigenvalue weighted by Crippen LogP contribution is -2.30. The fraction of sp³-hybridized carbons (Fsp3) is 0.133. The van der Waals surface area contributed by atoms with Crippen molar-refractivity contribution in [2.45, 2.75) is 0 Å². The molecule has 0 aliphatic carbocycles. The normalized spacial score (nSPS) is 10.9. The van der Waals surface area contributed by atoms with Crippen molar-refractivity contribution >= 4 is 28.1 Å². The zero-order chi connectivity index (χ0) is 16.6. The van der Waals surface area contributed by atoms with Gasteiger partial charge in [-0.15, -0.1) is 0 Å². The Morgan fingerprint density at radius 3 is 2.78 bits per heavy atom. The first-order valence-electron chi connectivity index (χ1n) is 6.95. The van der Waals surface area contributed by atoms with Crippen molar-refractivity contribution in [3.05, 3.63) is 46.5 Å². The highest BCUT2D eigenvalue weighted by atomic mass is 16.6. The second-order valence-corrected chi connectivity index (χ2v) is 5.10. The van der Waals surface area contributed by atoms with Crippen LogP contribution in [0.15, 0.2) is 36.4 Å². The largest absolute Gasteiger partial charge is 0.393 e. The summed E-state index contributed by atoms with van der Waals surface area (Å²) >= 11 is 0. The van der Waals surface area contributed by atoms with E-state index in [-0.39, 0.29) is 11.4 Å². The third-order valence-corrected chi connectivity index (χ3v) is 3.69. The number of aromatic nitrogens is 2. The molecule has 0 aliphatic heterocycles. The van der Waals surface area contributed by atoms with Gasteiger partial charge in [-0.1, -0.05) is 0 Å². The predicted octanol–water partition coefficient (Wildman–Crippen LogP) is 2.29. The Labute approximate surface area is 132 Å². The lowest BCUT2D eigenvalue weighted by atomic mass is 10.1. The molecular formula is C15H16N6O2. The van der Waals surface area contributed by atoms with Crippen molar-refractivity contribution in [2.24, 2.45) is 0 Å². The number of nitrogens with one attached hydrogen (secondary N) is 2. The summed E-state index contributed by atoms with van der Waals surface area (Å²) < 4.78 is 0. The van der Waals surface area contributed by atoms with Crippen LogP contribution in [-0.4, -0.2) is 29.0 Å². The standard InChI is InChI=1S/C15H16N6O2/c1-17-20(2)10-4-6-12-13(8-10)19-15(18-12)9-3-5-11(16)14(7-9)21(22)23/h3-8,17H,16H2,1-2H3,(H,18,19). The maximum absolute atomic E-state index is 11.0. The molecule has 23 heavy (non-hydrogen) atoms. The maximum atomic E-state index is 11.0. The summed E-state index contributed by atoms with van der Waals surface area (Å²) in [6.07, 6.45) is 0. The van der Waals surface area contributed by atoms with E-state index in [4.69, 9.17) is 5.73 Å². The van der Waals surface area contributed by atoms with Gasteiger partial charge in [0.25, 0.3) is 5.69 Å². The second kappa shape index (κ2) is 5.58. The highest BCUT2D eigenvalue weighted by molar-refractivity contribution is 5.83. The van der Waals surface area contributed by atoms with Gasteiger partial charge in [0.1, 0.15) is 11.5 Å². The molecule has 8 nitrogen and oxygen atoms in total. The summed E-state index contributed by atoms with van der Waals surface area (Å²) in [5.74, 6) is 0.562. The molecule has 2 aromatic carbocycles. The molecule has 0 amide bonds. The number of aromatic amines is 1. The van der Waals surface area contributed by atoms with Crippen molar-refractivity contribution in [3.63, 3.8) is 0 Å². The molecule has 0 aliphatic rings. The molecule has 8 heteroatoms. The summed E-state index contributed by atoms with van der Waals surface area (Å²) in [4.78, 5) is 18.2. The zero-order valence-corrected chi connectivity index (χ0v) is 12.7. The van der Waals surface area contributed by atoms with E-state index in [9.17, 15) is 10.1 Å². The topological polar surface area (TPSA) is 113 Å². The van der Waals surface area contributed by atoms with E-state index in [1.807, 2.05) is 37.3 Å². The van der Waals surface area contributed by atoms with Crippen molar-refractivity contribution in [1.82, 2.24) is 15.4 Å². The fourth-order valence-electron chi connectivity index (χ4n) is 2.32. The van der Waals surface area contributed by atoms with Crippen molar-refractivity contribution < 1.29 is 4.92 Å². The Morgan fingerprint density at radius 2 is 2.09 bits per heavy atom. The molecule has 0 saturated carbocycles. The number of nitrogen functional groups attached to an aromatic ring is 1. The average Bonchev–Trinajstić information content (AvgIpc) is 2.97. The van der Waals surface area contributed by atoms with Crippen molar-refractivity contribution in [1.29, 1.82) is 0 Å². The van der Waals surface area contributed by atoms with Gasteiger partial charge in [-0.3, -0.25) is 10.1 Å². The van der Waals surface area contributed by atoms with E-state index in [1.165, 1.54) is 12.1 Å². The van der Waals surface area contributed by atoms with E-state index in [0.29, 0.717) is 11.4 Å². The number of nitrogens with zero attached hydrogens (tertiary/aromatic N) is 3. The number of anilines is 2. The van der Waals surface area contributed by atoms with Crippen LogP contribution in [-0.2, 0) is 0 Å². The molecule has 0 radical (unpaired) electrons. The minimum atomic E-state index is -0.499. The molecular weight excluding hydrogens is 296 g/mol. The summed E-state index contributed by atoms with van der Waals surface area (Å²) in [6, 6.07) is 10.4. The lowest BCUT2D eigenvalue weighted by molar-refractivity contribution is -0.383. The Bertz CT molecular complexity index is 889. The third-order valence-electron chi connectivity index (χ3n) is 3.69. The van der Waals surface area contributed by atoms with Crippen LogP contribution in [0.25, 0.3) is 22.4 Å². The summed E-state index contributed by atoms with van der Waals surface area (Å²) in [6.45, 7) is 0. The van der Waals surface area contributed by atoms with E-state index >= 15 is 0 Å². The monoisotopic (exact) mass is 312 g/mol. The number of nitro groups is 1. The Balaban J connectivity index is 2.07. The molecule has 1 heterocycles. The molecule has 3 rings (SSSR count). The molecule has 0 unspecified atom stereocenters. The molecule has 118 valence electrons. The third kappa shape index (κ3) is 2.67. The van der Waals surface area contributed by atoms with Gasteiger partial charge >= 0.3 is 0 Å². The predicted molar refractivity (Wildman–Crippen MR) is 90.1 cm³/mol. The Morgan fingerprint density at radius 1 is 1.30 bits per heavy atom. The van der Waals surface area contributed by atoms with Crippen molar-refractivity contribution in [3.8, 4) is 11.4 Å². The molecule has 0 saturated heterocycles. The second-order valence-electron chi connectivity index (χ2n) is 5.10. The first kappa shape index (κ1) is 14.8. The SMILES string of the molecule is CNN(C)c1ccc2nc(-c3ccc(N)c([N+](=O)[O-])c3)[nH]c2c1. The van der Waals surface area contributed by atoms with Crippen LogP contribution in [0.2, 0.25) is 0 Å². The number of hydrazine groups is 1. The van der Waals surface area contributed by atoms with E-state index in [2.05, 4.69) is 15.4 Å². The highest BCUT2D eigenvalue weighted by Crippen LogP contribution is 2.29. The van der Waals surface area contributed by atoms with Gasteiger partial charge in [-0.25, -0.2) is 10.4 Å². The quantitative estimate of drug-likeness (QED) is 0.387.